The lowest BCUT2D eigenvalue weighted by Gasteiger charge is -2.22. The maximum absolute atomic E-state index is 8.80. The highest BCUT2D eigenvalue weighted by Gasteiger charge is 2.13. The molecule has 6 heteroatoms. The lowest BCUT2D eigenvalue weighted by Crippen LogP contribution is -2.31. The lowest BCUT2D eigenvalue weighted by molar-refractivity contribution is -0.229. The molecular weight excluding hydrogens is 192 g/mol. The van der Waals surface area contributed by atoms with Gasteiger partial charge in [0.05, 0.1) is 39.6 Å². The summed E-state index contributed by atoms with van der Waals surface area (Å²) in [4.78, 5) is 0. The van der Waals surface area contributed by atoms with E-state index < -0.39 is 12.6 Å². The van der Waals surface area contributed by atoms with Crippen LogP contribution in [0.3, 0.4) is 0 Å². The minimum Gasteiger partial charge on any atom is -0.391 e. The highest BCUT2D eigenvalue weighted by atomic mass is 16.7. The number of rotatable bonds is 2. The molecule has 14 heavy (non-hydrogen) atoms. The molecule has 0 aromatic heterocycles. The monoisotopic (exact) mass is 208 g/mol. The van der Waals surface area contributed by atoms with E-state index in [0.29, 0.717) is 26.4 Å². The maximum Gasteiger partial charge on any atom is 0.180 e. The molecule has 0 aliphatic carbocycles. The van der Waals surface area contributed by atoms with E-state index in [1.807, 2.05) is 0 Å². The van der Waals surface area contributed by atoms with Crippen LogP contribution in [0.4, 0.5) is 0 Å². The number of aliphatic hydroxyl groups is 2. The van der Waals surface area contributed by atoms with Gasteiger partial charge in [-0.15, -0.1) is 0 Å². The molecule has 0 amide bonds. The molecule has 2 N–H and O–H groups in total. The summed E-state index contributed by atoms with van der Waals surface area (Å²) in [6.45, 7) is 0.805. The quantitative estimate of drug-likeness (QED) is 0.587. The van der Waals surface area contributed by atoms with Gasteiger partial charge in [-0.25, -0.2) is 0 Å². The van der Waals surface area contributed by atoms with Crippen molar-refractivity contribution < 1.29 is 29.2 Å². The van der Waals surface area contributed by atoms with Crippen LogP contribution >= 0.6 is 0 Å². The van der Waals surface area contributed by atoms with Gasteiger partial charge in [0, 0.05) is 0 Å². The summed E-state index contributed by atoms with van der Waals surface area (Å²) in [7, 11) is 0. The number of hydrogen-bond acceptors (Lipinski definition) is 6. The first-order valence-electron chi connectivity index (χ1n) is 4.55. The predicted molar refractivity (Wildman–Crippen MR) is 45.6 cm³/mol. The molecule has 6 nitrogen and oxygen atoms in total. The van der Waals surface area contributed by atoms with E-state index in [1.165, 1.54) is 0 Å². The van der Waals surface area contributed by atoms with Crippen molar-refractivity contribution in [1.82, 2.24) is 0 Å². The van der Waals surface area contributed by atoms with Crippen LogP contribution < -0.4 is 0 Å². The second kappa shape index (κ2) is 7.10. The van der Waals surface area contributed by atoms with Crippen LogP contribution in [0, 0.1) is 0 Å². The third-order valence-electron chi connectivity index (χ3n) is 1.68. The van der Waals surface area contributed by atoms with Gasteiger partial charge in [0.25, 0.3) is 0 Å². The molecule has 1 heterocycles. The summed E-state index contributed by atoms with van der Waals surface area (Å²) in [6, 6.07) is 0. The second-order valence-corrected chi connectivity index (χ2v) is 2.71. The van der Waals surface area contributed by atoms with Crippen LogP contribution in [0.2, 0.25) is 0 Å². The minimum atomic E-state index is -0.618. The van der Waals surface area contributed by atoms with Crippen molar-refractivity contribution in [1.29, 1.82) is 0 Å². The van der Waals surface area contributed by atoms with Crippen molar-refractivity contribution in [2.24, 2.45) is 0 Å². The molecule has 1 fully saturated rings. The van der Waals surface area contributed by atoms with E-state index >= 15 is 0 Å². The van der Waals surface area contributed by atoms with E-state index in [4.69, 9.17) is 29.2 Å². The minimum absolute atomic E-state index is 0.191. The molecule has 0 aromatic carbocycles. The summed E-state index contributed by atoms with van der Waals surface area (Å²) in [5, 5.41) is 17.6. The number of ether oxygens (including phenoxy) is 4. The summed E-state index contributed by atoms with van der Waals surface area (Å²) < 4.78 is 20.5. The zero-order valence-electron chi connectivity index (χ0n) is 7.92. The van der Waals surface area contributed by atoms with Gasteiger partial charge in [-0.05, 0) is 0 Å². The Balaban J connectivity index is 2.26. The van der Waals surface area contributed by atoms with Crippen LogP contribution in [0.15, 0.2) is 0 Å². The molecule has 1 saturated heterocycles. The fourth-order valence-electron chi connectivity index (χ4n) is 1.03. The lowest BCUT2D eigenvalue weighted by atomic mass is 10.6. The topological polar surface area (TPSA) is 77.4 Å². The molecule has 1 aliphatic heterocycles. The Morgan fingerprint density at radius 1 is 0.714 bits per heavy atom. The van der Waals surface area contributed by atoms with E-state index in [1.54, 1.807) is 0 Å². The summed E-state index contributed by atoms with van der Waals surface area (Å²) in [6.07, 6.45) is -1.24. The molecule has 0 radical (unpaired) electrons. The summed E-state index contributed by atoms with van der Waals surface area (Å²) in [5.41, 5.74) is 0. The maximum atomic E-state index is 8.80. The van der Waals surface area contributed by atoms with Crippen LogP contribution in [0.1, 0.15) is 0 Å². The first-order chi connectivity index (χ1) is 6.86. The van der Waals surface area contributed by atoms with Gasteiger partial charge >= 0.3 is 0 Å². The zero-order chi connectivity index (χ0) is 10.2. The number of aliphatic hydroxyl groups excluding tert-OH is 2. The first-order valence-corrected chi connectivity index (χ1v) is 4.55. The molecular formula is C8H16O6. The normalized spacial score (nSPS) is 31.3. The van der Waals surface area contributed by atoms with Crippen LogP contribution in [0.25, 0.3) is 0 Å². The van der Waals surface area contributed by atoms with Crippen molar-refractivity contribution in [3.63, 3.8) is 0 Å². The fraction of sp³-hybridized carbons (Fsp3) is 1.00. The highest BCUT2D eigenvalue weighted by molar-refractivity contribution is 4.47. The smallest absolute Gasteiger partial charge is 0.180 e. The van der Waals surface area contributed by atoms with Gasteiger partial charge in [-0.2, -0.15) is 0 Å². The zero-order valence-corrected chi connectivity index (χ0v) is 7.92. The third kappa shape index (κ3) is 4.32. The van der Waals surface area contributed by atoms with Crippen molar-refractivity contribution in [3.05, 3.63) is 0 Å². The standard InChI is InChI=1S/C8H16O6/c9-5-7-11-1-2-12-8(6-10)14-4-3-13-7/h7-10H,1-6H2. The van der Waals surface area contributed by atoms with Gasteiger partial charge in [0.2, 0.25) is 0 Å². The molecule has 1 aliphatic rings. The van der Waals surface area contributed by atoms with E-state index in [0.717, 1.165) is 0 Å². The highest BCUT2D eigenvalue weighted by Crippen LogP contribution is 2.00. The average Bonchev–Trinajstić information content (AvgIpc) is 2.25. The Bertz CT molecular complexity index is 114. The van der Waals surface area contributed by atoms with Crippen molar-refractivity contribution in [3.8, 4) is 0 Å². The molecule has 0 saturated carbocycles. The first kappa shape index (κ1) is 11.8. The van der Waals surface area contributed by atoms with Gasteiger partial charge in [0.15, 0.2) is 12.6 Å². The van der Waals surface area contributed by atoms with E-state index in [9.17, 15) is 0 Å². The molecule has 0 bridgehead atoms. The Kier molecular flexibility index (Phi) is 6.00. The second-order valence-electron chi connectivity index (χ2n) is 2.71. The molecule has 0 atom stereocenters. The molecule has 0 unspecified atom stereocenters. The van der Waals surface area contributed by atoms with Gasteiger partial charge in [-0.3, -0.25) is 0 Å². The van der Waals surface area contributed by atoms with Crippen molar-refractivity contribution >= 4 is 0 Å². The van der Waals surface area contributed by atoms with Crippen LogP contribution in [-0.2, 0) is 18.9 Å². The van der Waals surface area contributed by atoms with Crippen LogP contribution in [-0.4, -0.2) is 62.4 Å². The Morgan fingerprint density at radius 3 is 1.21 bits per heavy atom. The summed E-state index contributed by atoms with van der Waals surface area (Å²) >= 11 is 0. The Hall–Kier alpha value is -0.240. The number of hydrogen-bond donors (Lipinski definition) is 2. The van der Waals surface area contributed by atoms with Crippen LogP contribution in [0.5, 0.6) is 0 Å². The van der Waals surface area contributed by atoms with Crippen molar-refractivity contribution in [2.75, 3.05) is 39.6 Å². The fourth-order valence-corrected chi connectivity index (χ4v) is 1.03. The molecule has 84 valence electrons. The van der Waals surface area contributed by atoms with Gasteiger partial charge in [-0.1, -0.05) is 0 Å². The Morgan fingerprint density at radius 2 is 1.00 bits per heavy atom. The van der Waals surface area contributed by atoms with E-state index in [2.05, 4.69) is 0 Å². The molecule has 1 rings (SSSR count). The Labute approximate surface area is 82.3 Å². The largest absolute Gasteiger partial charge is 0.391 e. The predicted octanol–water partition coefficient (Wildman–Crippen LogP) is -1.30. The summed E-state index contributed by atoms with van der Waals surface area (Å²) in [5.74, 6) is 0. The molecule has 0 spiro atoms. The van der Waals surface area contributed by atoms with Gasteiger partial charge in [0.1, 0.15) is 0 Å². The van der Waals surface area contributed by atoms with E-state index in [-0.39, 0.29) is 13.2 Å². The van der Waals surface area contributed by atoms with Gasteiger partial charge < -0.3 is 29.2 Å². The third-order valence-corrected chi connectivity index (χ3v) is 1.68. The molecule has 0 aromatic rings. The SMILES string of the molecule is OCC1OCCOC(CO)OCCO1. The van der Waals surface area contributed by atoms with Crippen molar-refractivity contribution in [2.45, 2.75) is 12.6 Å². The average molecular weight is 208 g/mol.